The van der Waals surface area contributed by atoms with E-state index in [4.69, 9.17) is 4.74 Å². The average molecular weight is 353 g/mol. The van der Waals surface area contributed by atoms with E-state index in [1.54, 1.807) is 18.2 Å². The van der Waals surface area contributed by atoms with Gasteiger partial charge in [-0.3, -0.25) is 4.79 Å². The van der Waals surface area contributed by atoms with Crippen LogP contribution in [-0.2, 0) is 4.79 Å². The SMILES string of the molecule is COc1cc(NCC(=O)Nc2ccc(Br)cc2)ccc1F. The predicted molar refractivity (Wildman–Crippen MR) is 84.2 cm³/mol. The molecule has 0 heterocycles. The first-order chi connectivity index (χ1) is 10.1. The lowest BCUT2D eigenvalue weighted by Gasteiger charge is -2.09. The molecule has 0 aliphatic carbocycles. The number of halogens is 2. The molecule has 21 heavy (non-hydrogen) atoms. The van der Waals surface area contributed by atoms with Gasteiger partial charge in [0.05, 0.1) is 13.7 Å². The average Bonchev–Trinajstić information content (AvgIpc) is 2.49. The summed E-state index contributed by atoms with van der Waals surface area (Å²) in [6, 6.07) is 11.6. The predicted octanol–water partition coefficient (Wildman–Crippen LogP) is 3.65. The van der Waals surface area contributed by atoms with Crippen LogP contribution in [0.15, 0.2) is 46.9 Å². The molecule has 2 N–H and O–H groups in total. The van der Waals surface area contributed by atoms with Gasteiger partial charge in [-0.05, 0) is 36.4 Å². The van der Waals surface area contributed by atoms with E-state index in [0.717, 1.165) is 4.47 Å². The molecule has 2 aromatic rings. The van der Waals surface area contributed by atoms with Crippen LogP contribution in [0.2, 0.25) is 0 Å². The van der Waals surface area contributed by atoms with E-state index in [1.165, 1.54) is 19.2 Å². The van der Waals surface area contributed by atoms with E-state index >= 15 is 0 Å². The van der Waals surface area contributed by atoms with Gasteiger partial charge in [0.15, 0.2) is 11.6 Å². The number of hydrogen-bond acceptors (Lipinski definition) is 3. The zero-order valence-electron chi connectivity index (χ0n) is 11.3. The molecule has 0 aliphatic rings. The molecule has 0 atom stereocenters. The molecule has 0 saturated carbocycles. The first-order valence-corrected chi connectivity index (χ1v) is 7.00. The van der Waals surface area contributed by atoms with Gasteiger partial charge in [0.1, 0.15) is 0 Å². The van der Waals surface area contributed by atoms with Crippen LogP contribution < -0.4 is 15.4 Å². The van der Waals surface area contributed by atoms with Crippen molar-refractivity contribution in [2.75, 3.05) is 24.3 Å². The highest BCUT2D eigenvalue weighted by molar-refractivity contribution is 9.10. The lowest BCUT2D eigenvalue weighted by molar-refractivity contribution is -0.114. The Labute approximate surface area is 130 Å². The Hall–Kier alpha value is -2.08. The van der Waals surface area contributed by atoms with Gasteiger partial charge >= 0.3 is 0 Å². The number of benzene rings is 2. The quantitative estimate of drug-likeness (QED) is 0.863. The summed E-state index contributed by atoms with van der Waals surface area (Å²) in [5.41, 5.74) is 1.32. The second-order valence-corrected chi connectivity index (χ2v) is 5.17. The van der Waals surface area contributed by atoms with Crippen LogP contribution in [0.1, 0.15) is 0 Å². The molecule has 0 spiro atoms. The maximum atomic E-state index is 13.3. The summed E-state index contributed by atoms with van der Waals surface area (Å²) >= 11 is 3.32. The minimum absolute atomic E-state index is 0.0743. The van der Waals surface area contributed by atoms with Gasteiger partial charge < -0.3 is 15.4 Å². The summed E-state index contributed by atoms with van der Waals surface area (Å²) in [5.74, 6) is -0.503. The summed E-state index contributed by atoms with van der Waals surface area (Å²) in [7, 11) is 1.39. The standard InChI is InChI=1S/C15H14BrFN2O2/c1-21-14-8-12(6-7-13(14)17)18-9-15(20)19-11-4-2-10(16)3-5-11/h2-8,18H,9H2,1H3,(H,19,20). The molecule has 1 amide bonds. The van der Waals surface area contributed by atoms with Gasteiger partial charge in [0, 0.05) is 21.9 Å². The zero-order chi connectivity index (χ0) is 15.2. The molecule has 4 nitrogen and oxygen atoms in total. The number of nitrogens with one attached hydrogen (secondary N) is 2. The Morgan fingerprint density at radius 2 is 1.86 bits per heavy atom. The molecular weight excluding hydrogens is 339 g/mol. The summed E-state index contributed by atoms with van der Waals surface area (Å²) in [4.78, 5) is 11.8. The monoisotopic (exact) mass is 352 g/mol. The maximum Gasteiger partial charge on any atom is 0.243 e. The van der Waals surface area contributed by atoms with Crippen LogP contribution in [0, 0.1) is 5.82 Å². The number of anilines is 2. The minimum Gasteiger partial charge on any atom is -0.494 e. The zero-order valence-corrected chi connectivity index (χ0v) is 12.9. The Morgan fingerprint density at radius 3 is 2.52 bits per heavy atom. The van der Waals surface area contributed by atoms with E-state index in [2.05, 4.69) is 26.6 Å². The molecule has 0 aromatic heterocycles. The van der Waals surface area contributed by atoms with Gasteiger partial charge in [-0.1, -0.05) is 15.9 Å². The molecule has 0 aliphatic heterocycles. The van der Waals surface area contributed by atoms with Crippen LogP contribution in [0.5, 0.6) is 5.75 Å². The van der Waals surface area contributed by atoms with Gasteiger partial charge in [0.25, 0.3) is 0 Å². The van der Waals surface area contributed by atoms with Crippen molar-refractivity contribution >= 4 is 33.2 Å². The first-order valence-electron chi connectivity index (χ1n) is 6.21. The van der Waals surface area contributed by atoms with Crippen molar-refractivity contribution in [3.63, 3.8) is 0 Å². The molecule has 0 radical (unpaired) electrons. The van der Waals surface area contributed by atoms with E-state index in [-0.39, 0.29) is 18.2 Å². The molecule has 0 fully saturated rings. The van der Waals surface area contributed by atoms with Gasteiger partial charge in [-0.2, -0.15) is 0 Å². The third kappa shape index (κ3) is 4.46. The fraction of sp³-hybridized carbons (Fsp3) is 0.133. The number of rotatable bonds is 5. The van der Waals surface area contributed by atoms with Crippen molar-refractivity contribution in [2.45, 2.75) is 0 Å². The summed E-state index contributed by atoms with van der Waals surface area (Å²) < 4.78 is 19.1. The van der Waals surface area contributed by atoms with Crippen molar-refractivity contribution in [3.8, 4) is 5.75 Å². The lowest BCUT2D eigenvalue weighted by Crippen LogP contribution is -2.21. The maximum absolute atomic E-state index is 13.3. The number of methoxy groups -OCH3 is 1. The first kappa shape index (κ1) is 15.3. The largest absolute Gasteiger partial charge is 0.494 e. The highest BCUT2D eigenvalue weighted by Gasteiger charge is 2.05. The highest BCUT2D eigenvalue weighted by atomic mass is 79.9. The van der Waals surface area contributed by atoms with E-state index in [0.29, 0.717) is 11.4 Å². The minimum atomic E-state index is -0.442. The van der Waals surface area contributed by atoms with Crippen LogP contribution in [0.4, 0.5) is 15.8 Å². The van der Waals surface area contributed by atoms with Gasteiger partial charge in [0.2, 0.25) is 5.91 Å². The Kier molecular flexibility index (Phi) is 5.16. The summed E-state index contributed by atoms with van der Waals surface area (Å²) in [5, 5.41) is 5.66. The van der Waals surface area contributed by atoms with Gasteiger partial charge in [-0.15, -0.1) is 0 Å². The number of amides is 1. The van der Waals surface area contributed by atoms with Crippen molar-refractivity contribution in [2.24, 2.45) is 0 Å². The Morgan fingerprint density at radius 1 is 1.19 bits per heavy atom. The fourth-order valence-corrected chi connectivity index (χ4v) is 1.95. The van der Waals surface area contributed by atoms with E-state index in [9.17, 15) is 9.18 Å². The van der Waals surface area contributed by atoms with Crippen molar-refractivity contribution in [1.29, 1.82) is 0 Å². The molecule has 0 unspecified atom stereocenters. The number of carbonyl (C=O) groups is 1. The van der Waals surface area contributed by atoms with Crippen LogP contribution in [0.3, 0.4) is 0 Å². The highest BCUT2D eigenvalue weighted by Crippen LogP contribution is 2.21. The lowest BCUT2D eigenvalue weighted by atomic mass is 10.3. The Bertz CT molecular complexity index is 632. The van der Waals surface area contributed by atoms with Crippen LogP contribution in [-0.4, -0.2) is 19.6 Å². The van der Waals surface area contributed by atoms with Gasteiger partial charge in [-0.25, -0.2) is 4.39 Å². The molecular formula is C15H14BrFN2O2. The second kappa shape index (κ2) is 7.08. The number of hydrogen-bond donors (Lipinski definition) is 2. The summed E-state index contributed by atoms with van der Waals surface area (Å²) in [6.07, 6.45) is 0. The number of ether oxygens (including phenoxy) is 1. The normalized spacial score (nSPS) is 10.0. The number of carbonyl (C=O) groups excluding carboxylic acids is 1. The van der Waals surface area contributed by atoms with Crippen molar-refractivity contribution in [3.05, 3.63) is 52.8 Å². The molecule has 0 bridgehead atoms. The summed E-state index contributed by atoms with van der Waals surface area (Å²) in [6.45, 7) is 0.0743. The smallest absolute Gasteiger partial charge is 0.243 e. The molecule has 0 saturated heterocycles. The van der Waals surface area contributed by atoms with E-state index in [1.807, 2.05) is 12.1 Å². The van der Waals surface area contributed by atoms with Crippen molar-refractivity contribution in [1.82, 2.24) is 0 Å². The topological polar surface area (TPSA) is 50.4 Å². The molecule has 2 aromatic carbocycles. The van der Waals surface area contributed by atoms with E-state index < -0.39 is 5.82 Å². The second-order valence-electron chi connectivity index (χ2n) is 4.26. The van der Waals surface area contributed by atoms with Crippen LogP contribution in [0.25, 0.3) is 0 Å². The third-order valence-corrected chi connectivity index (χ3v) is 3.26. The molecule has 2 rings (SSSR count). The fourth-order valence-electron chi connectivity index (χ4n) is 1.69. The molecule has 6 heteroatoms. The third-order valence-electron chi connectivity index (χ3n) is 2.73. The van der Waals surface area contributed by atoms with Crippen molar-refractivity contribution < 1.29 is 13.9 Å². The Balaban J connectivity index is 1.90. The van der Waals surface area contributed by atoms with Crippen LogP contribution >= 0.6 is 15.9 Å². The molecule has 110 valence electrons.